The molecule has 0 unspecified atom stereocenters. The number of rotatable bonds is 7. The van der Waals surface area contributed by atoms with E-state index < -0.39 is 0 Å². The Balaban J connectivity index is 1.74. The number of methoxy groups -OCH3 is 1. The van der Waals surface area contributed by atoms with Crippen LogP contribution in [0, 0.1) is 0 Å². The molecule has 0 aliphatic carbocycles. The fraction of sp³-hybridized carbons (Fsp3) is 0.235. The molecule has 5 nitrogen and oxygen atoms in total. The number of hydrazine groups is 1. The zero-order valence-electron chi connectivity index (χ0n) is 12.6. The number of nitrogen functional groups attached to an aromatic ring is 1. The van der Waals surface area contributed by atoms with Crippen LogP contribution in [0.5, 0.6) is 5.75 Å². The lowest BCUT2D eigenvalue weighted by molar-refractivity contribution is -0.120. The van der Waals surface area contributed by atoms with Crippen LogP contribution in [0.15, 0.2) is 48.5 Å². The summed E-state index contributed by atoms with van der Waals surface area (Å²) in [4.78, 5) is 11.9. The number of hydrogen-bond acceptors (Lipinski definition) is 4. The summed E-state index contributed by atoms with van der Waals surface area (Å²) in [6.45, 7) is 0.615. The molecule has 0 aliphatic rings. The van der Waals surface area contributed by atoms with Crippen molar-refractivity contribution in [2.75, 3.05) is 19.1 Å². The molecule has 4 N–H and O–H groups in total. The van der Waals surface area contributed by atoms with Gasteiger partial charge in [-0.05, 0) is 41.8 Å². The highest BCUT2D eigenvalue weighted by Crippen LogP contribution is 2.11. The van der Waals surface area contributed by atoms with E-state index in [0.29, 0.717) is 13.0 Å². The van der Waals surface area contributed by atoms with Gasteiger partial charge in [0.1, 0.15) is 5.75 Å². The van der Waals surface area contributed by atoms with Crippen LogP contribution in [0.1, 0.15) is 11.1 Å². The maximum absolute atomic E-state index is 11.9. The molecule has 2 rings (SSSR count). The Kier molecular flexibility index (Phi) is 5.80. The third kappa shape index (κ3) is 4.79. The third-order valence-electron chi connectivity index (χ3n) is 3.38. The van der Waals surface area contributed by atoms with Crippen molar-refractivity contribution >= 4 is 11.6 Å². The van der Waals surface area contributed by atoms with Crippen molar-refractivity contribution in [2.45, 2.75) is 12.8 Å². The van der Waals surface area contributed by atoms with E-state index in [4.69, 9.17) is 10.6 Å². The molecule has 0 atom stereocenters. The number of carbonyl (C=O) groups excluding carboxylic acids is 1. The fourth-order valence-electron chi connectivity index (χ4n) is 2.11. The van der Waals surface area contributed by atoms with Gasteiger partial charge < -0.3 is 15.5 Å². The fourth-order valence-corrected chi connectivity index (χ4v) is 2.11. The van der Waals surface area contributed by atoms with E-state index in [1.165, 1.54) is 0 Å². The van der Waals surface area contributed by atoms with Gasteiger partial charge in [-0.1, -0.05) is 24.3 Å². The third-order valence-corrected chi connectivity index (χ3v) is 3.38. The van der Waals surface area contributed by atoms with Crippen LogP contribution in [0.3, 0.4) is 0 Å². The molecule has 0 fully saturated rings. The van der Waals surface area contributed by atoms with E-state index in [9.17, 15) is 4.79 Å². The van der Waals surface area contributed by atoms with Crippen LogP contribution < -0.4 is 21.3 Å². The molecule has 0 saturated carbocycles. The maximum atomic E-state index is 11.9. The van der Waals surface area contributed by atoms with Gasteiger partial charge in [-0.25, -0.2) is 0 Å². The quantitative estimate of drug-likeness (QED) is 0.539. The monoisotopic (exact) mass is 299 g/mol. The Bertz CT molecular complexity index is 594. The van der Waals surface area contributed by atoms with Crippen LogP contribution in [0.25, 0.3) is 0 Å². The standard InChI is InChI=1S/C17H21N3O2/c1-22-16-8-4-14(5-9-16)12-17(21)19-11-10-13-2-6-15(20-18)7-3-13/h2-9,20H,10-12,18H2,1H3,(H,19,21). The summed E-state index contributed by atoms with van der Waals surface area (Å²) < 4.78 is 5.09. The van der Waals surface area contributed by atoms with Crippen molar-refractivity contribution in [3.8, 4) is 5.75 Å². The molecule has 116 valence electrons. The van der Waals surface area contributed by atoms with E-state index in [-0.39, 0.29) is 5.91 Å². The van der Waals surface area contributed by atoms with Gasteiger partial charge in [-0.2, -0.15) is 0 Å². The summed E-state index contributed by atoms with van der Waals surface area (Å²) >= 11 is 0. The molecule has 2 aromatic carbocycles. The van der Waals surface area contributed by atoms with Gasteiger partial charge in [0, 0.05) is 12.2 Å². The highest BCUT2D eigenvalue weighted by molar-refractivity contribution is 5.78. The van der Waals surface area contributed by atoms with E-state index >= 15 is 0 Å². The first-order valence-electron chi connectivity index (χ1n) is 7.16. The highest BCUT2D eigenvalue weighted by Gasteiger charge is 2.03. The maximum Gasteiger partial charge on any atom is 0.224 e. The normalized spacial score (nSPS) is 10.1. The second-order valence-electron chi connectivity index (χ2n) is 4.97. The van der Waals surface area contributed by atoms with Gasteiger partial charge in [0.05, 0.1) is 13.5 Å². The van der Waals surface area contributed by atoms with Crippen molar-refractivity contribution in [3.05, 3.63) is 59.7 Å². The van der Waals surface area contributed by atoms with Gasteiger partial charge >= 0.3 is 0 Å². The molecule has 2 aromatic rings. The minimum atomic E-state index is 0.0189. The summed E-state index contributed by atoms with van der Waals surface area (Å²) in [6, 6.07) is 15.3. The van der Waals surface area contributed by atoms with Crippen LogP contribution in [0.4, 0.5) is 5.69 Å². The van der Waals surface area contributed by atoms with E-state index in [2.05, 4.69) is 10.7 Å². The lowest BCUT2D eigenvalue weighted by Crippen LogP contribution is -2.27. The summed E-state index contributed by atoms with van der Waals surface area (Å²) in [5.74, 6) is 6.13. The molecule has 5 heteroatoms. The van der Waals surface area contributed by atoms with Gasteiger partial charge in [0.25, 0.3) is 0 Å². The zero-order valence-corrected chi connectivity index (χ0v) is 12.6. The molecule has 0 spiro atoms. The smallest absolute Gasteiger partial charge is 0.224 e. The second kappa shape index (κ2) is 8.05. The molecule has 0 aliphatic heterocycles. The molecule has 0 heterocycles. The number of nitrogens with one attached hydrogen (secondary N) is 2. The van der Waals surface area contributed by atoms with Gasteiger partial charge in [0.2, 0.25) is 5.91 Å². The summed E-state index contributed by atoms with van der Waals surface area (Å²) in [6.07, 6.45) is 1.17. The van der Waals surface area contributed by atoms with Crippen molar-refractivity contribution in [2.24, 2.45) is 5.84 Å². The number of anilines is 1. The molecule has 0 aromatic heterocycles. The minimum Gasteiger partial charge on any atom is -0.497 e. The van der Waals surface area contributed by atoms with Gasteiger partial charge in [-0.15, -0.1) is 0 Å². The van der Waals surface area contributed by atoms with Crippen molar-refractivity contribution in [1.29, 1.82) is 0 Å². The summed E-state index contributed by atoms with van der Waals surface area (Å²) in [7, 11) is 1.62. The predicted molar refractivity (Wildman–Crippen MR) is 87.7 cm³/mol. The SMILES string of the molecule is COc1ccc(CC(=O)NCCc2ccc(NN)cc2)cc1. The van der Waals surface area contributed by atoms with Crippen LogP contribution in [-0.2, 0) is 17.6 Å². The Hall–Kier alpha value is -2.53. The number of nitrogens with two attached hydrogens (primary N) is 1. The molecule has 22 heavy (non-hydrogen) atoms. The second-order valence-corrected chi connectivity index (χ2v) is 4.97. The van der Waals surface area contributed by atoms with Crippen LogP contribution in [-0.4, -0.2) is 19.6 Å². The minimum absolute atomic E-state index is 0.0189. The average molecular weight is 299 g/mol. The van der Waals surface area contributed by atoms with E-state index in [1.54, 1.807) is 7.11 Å². The molecule has 0 saturated heterocycles. The number of carbonyl (C=O) groups is 1. The Morgan fingerprint density at radius 3 is 2.27 bits per heavy atom. The van der Waals surface area contributed by atoms with Crippen LogP contribution >= 0.6 is 0 Å². The largest absolute Gasteiger partial charge is 0.497 e. The van der Waals surface area contributed by atoms with E-state index in [1.807, 2.05) is 48.5 Å². The number of amides is 1. The first-order valence-corrected chi connectivity index (χ1v) is 7.16. The van der Waals surface area contributed by atoms with Crippen molar-refractivity contribution < 1.29 is 9.53 Å². The highest BCUT2D eigenvalue weighted by atomic mass is 16.5. The predicted octanol–water partition coefficient (Wildman–Crippen LogP) is 1.88. The molecular weight excluding hydrogens is 278 g/mol. The average Bonchev–Trinajstić information content (AvgIpc) is 2.56. The van der Waals surface area contributed by atoms with Crippen LogP contribution in [0.2, 0.25) is 0 Å². The first kappa shape index (κ1) is 15.9. The molecule has 0 bridgehead atoms. The van der Waals surface area contributed by atoms with Crippen molar-refractivity contribution in [3.63, 3.8) is 0 Å². The van der Waals surface area contributed by atoms with E-state index in [0.717, 1.165) is 29.0 Å². The first-order chi connectivity index (χ1) is 10.7. The van der Waals surface area contributed by atoms with Gasteiger partial charge in [0.15, 0.2) is 0 Å². The molecule has 0 radical (unpaired) electrons. The Labute approximate surface area is 130 Å². The van der Waals surface area contributed by atoms with Crippen molar-refractivity contribution in [1.82, 2.24) is 5.32 Å². The van der Waals surface area contributed by atoms with Gasteiger partial charge in [-0.3, -0.25) is 10.6 Å². The number of benzene rings is 2. The Morgan fingerprint density at radius 1 is 1.05 bits per heavy atom. The topological polar surface area (TPSA) is 76.4 Å². The molecular formula is C17H21N3O2. The molecule has 1 amide bonds. The zero-order chi connectivity index (χ0) is 15.8. The summed E-state index contributed by atoms with van der Waals surface area (Å²) in [5, 5.41) is 2.93. The number of hydrogen-bond donors (Lipinski definition) is 3. The number of ether oxygens (including phenoxy) is 1. The lowest BCUT2D eigenvalue weighted by atomic mass is 10.1. The summed E-state index contributed by atoms with van der Waals surface area (Å²) in [5.41, 5.74) is 5.58. The Morgan fingerprint density at radius 2 is 1.68 bits per heavy atom. The lowest BCUT2D eigenvalue weighted by Gasteiger charge is -2.07.